The van der Waals surface area contributed by atoms with Crippen molar-refractivity contribution in [3.63, 3.8) is 0 Å². The molecule has 0 saturated carbocycles. The van der Waals surface area contributed by atoms with Gasteiger partial charge in [-0.1, -0.05) is 34.6 Å². The molecule has 0 saturated heterocycles. The molecular formula is C17H32O4. The minimum absolute atomic E-state index is 0.0901. The Balaban J connectivity index is 3.83. The van der Waals surface area contributed by atoms with E-state index in [0.717, 1.165) is 6.42 Å². The lowest BCUT2D eigenvalue weighted by Crippen LogP contribution is -2.29. The van der Waals surface area contributed by atoms with Crippen molar-refractivity contribution in [2.45, 2.75) is 85.9 Å². The van der Waals surface area contributed by atoms with Crippen LogP contribution in [0.25, 0.3) is 0 Å². The highest BCUT2D eigenvalue weighted by Crippen LogP contribution is 2.26. The van der Waals surface area contributed by atoms with Crippen LogP contribution in [0.4, 0.5) is 0 Å². The lowest BCUT2D eigenvalue weighted by molar-refractivity contribution is -0.131. The predicted octanol–water partition coefficient (Wildman–Crippen LogP) is 3.24. The van der Waals surface area contributed by atoms with Gasteiger partial charge in [0.15, 0.2) is 6.29 Å². The van der Waals surface area contributed by atoms with E-state index in [0.29, 0.717) is 38.5 Å². The fourth-order valence-corrected chi connectivity index (χ4v) is 1.84. The summed E-state index contributed by atoms with van der Waals surface area (Å²) < 4.78 is 0. The van der Waals surface area contributed by atoms with Gasteiger partial charge in [0.1, 0.15) is 11.6 Å². The van der Waals surface area contributed by atoms with Crippen molar-refractivity contribution in [2.24, 2.45) is 10.8 Å². The number of ketones is 2. The van der Waals surface area contributed by atoms with Crippen molar-refractivity contribution >= 4 is 11.6 Å². The summed E-state index contributed by atoms with van der Waals surface area (Å²) in [6, 6.07) is 0. The number of aliphatic hydroxyl groups is 2. The van der Waals surface area contributed by atoms with Crippen LogP contribution in [0.2, 0.25) is 0 Å². The van der Waals surface area contributed by atoms with Crippen molar-refractivity contribution in [1.82, 2.24) is 0 Å². The molecule has 124 valence electrons. The van der Waals surface area contributed by atoms with Crippen molar-refractivity contribution in [2.75, 3.05) is 0 Å². The largest absolute Gasteiger partial charge is 0.368 e. The van der Waals surface area contributed by atoms with Gasteiger partial charge in [-0.25, -0.2) is 0 Å². The van der Waals surface area contributed by atoms with Crippen molar-refractivity contribution in [1.29, 1.82) is 0 Å². The third-order valence-electron chi connectivity index (χ3n) is 3.81. The Kier molecular flexibility index (Phi) is 8.34. The van der Waals surface area contributed by atoms with Crippen molar-refractivity contribution < 1.29 is 19.8 Å². The van der Waals surface area contributed by atoms with Crippen LogP contribution in [0.5, 0.6) is 0 Å². The van der Waals surface area contributed by atoms with E-state index in [2.05, 4.69) is 20.8 Å². The Morgan fingerprint density at radius 3 is 1.62 bits per heavy atom. The Morgan fingerprint density at radius 1 is 0.810 bits per heavy atom. The summed E-state index contributed by atoms with van der Waals surface area (Å²) in [6.45, 7) is 9.78. The molecule has 0 fully saturated rings. The Labute approximate surface area is 128 Å². The number of carbonyl (C=O) groups excluding carboxylic acids is 2. The standard InChI is InChI=1S/C17H32O4/c1-16(2,3)11-9-13(18)7-6-8-14(19)10-12-17(4,5)15(20)21/h15,20-21H,6-12H2,1-5H3. The van der Waals surface area contributed by atoms with E-state index in [1.807, 2.05) is 0 Å². The summed E-state index contributed by atoms with van der Waals surface area (Å²) in [4.78, 5) is 23.4. The molecule has 0 aromatic carbocycles. The minimum Gasteiger partial charge on any atom is -0.368 e. The number of hydrogen-bond acceptors (Lipinski definition) is 4. The van der Waals surface area contributed by atoms with Crippen molar-refractivity contribution in [3.05, 3.63) is 0 Å². The number of aliphatic hydroxyl groups excluding tert-OH is 1. The van der Waals surface area contributed by atoms with E-state index < -0.39 is 11.7 Å². The molecule has 0 spiro atoms. The van der Waals surface area contributed by atoms with Crippen LogP contribution >= 0.6 is 0 Å². The van der Waals surface area contributed by atoms with E-state index >= 15 is 0 Å². The fourth-order valence-electron chi connectivity index (χ4n) is 1.84. The third kappa shape index (κ3) is 10.6. The van der Waals surface area contributed by atoms with Crippen LogP contribution in [0, 0.1) is 10.8 Å². The zero-order valence-electron chi connectivity index (χ0n) is 14.2. The molecule has 0 aliphatic heterocycles. The molecule has 0 unspecified atom stereocenters. The Morgan fingerprint density at radius 2 is 1.24 bits per heavy atom. The van der Waals surface area contributed by atoms with Crippen molar-refractivity contribution in [3.8, 4) is 0 Å². The summed E-state index contributed by atoms with van der Waals surface area (Å²) in [6.07, 6.45) is 2.30. The molecule has 4 heteroatoms. The zero-order chi connectivity index (χ0) is 16.7. The van der Waals surface area contributed by atoms with Gasteiger partial charge in [-0.15, -0.1) is 0 Å². The van der Waals surface area contributed by atoms with Crippen LogP contribution in [0.3, 0.4) is 0 Å². The fraction of sp³-hybridized carbons (Fsp3) is 0.882. The smallest absolute Gasteiger partial charge is 0.156 e. The first-order valence-corrected chi connectivity index (χ1v) is 7.83. The average molecular weight is 300 g/mol. The van der Waals surface area contributed by atoms with Crippen LogP contribution < -0.4 is 0 Å². The number of hydrogen-bond donors (Lipinski definition) is 2. The number of carbonyl (C=O) groups is 2. The van der Waals surface area contributed by atoms with Gasteiger partial charge in [-0.2, -0.15) is 0 Å². The summed E-state index contributed by atoms with van der Waals surface area (Å²) in [5, 5.41) is 18.3. The second-order valence-corrected chi connectivity index (χ2v) is 7.85. The van der Waals surface area contributed by atoms with E-state index in [-0.39, 0.29) is 17.0 Å². The third-order valence-corrected chi connectivity index (χ3v) is 3.81. The monoisotopic (exact) mass is 300 g/mol. The second-order valence-electron chi connectivity index (χ2n) is 7.85. The molecule has 0 amide bonds. The molecule has 0 atom stereocenters. The molecule has 2 N–H and O–H groups in total. The van der Waals surface area contributed by atoms with E-state index in [4.69, 9.17) is 10.2 Å². The molecule has 0 aliphatic rings. The lowest BCUT2D eigenvalue weighted by atomic mass is 9.85. The van der Waals surface area contributed by atoms with Gasteiger partial charge < -0.3 is 10.2 Å². The van der Waals surface area contributed by atoms with Gasteiger partial charge in [-0.3, -0.25) is 9.59 Å². The summed E-state index contributed by atoms with van der Waals surface area (Å²) in [5.74, 6) is 0.316. The highest BCUT2D eigenvalue weighted by molar-refractivity contribution is 5.81. The lowest BCUT2D eigenvalue weighted by Gasteiger charge is -2.26. The summed E-state index contributed by atoms with van der Waals surface area (Å²) >= 11 is 0. The first kappa shape index (κ1) is 20.3. The van der Waals surface area contributed by atoms with Gasteiger partial charge in [0.05, 0.1) is 0 Å². The molecule has 0 aromatic rings. The van der Waals surface area contributed by atoms with Gasteiger partial charge in [0.2, 0.25) is 0 Å². The van der Waals surface area contributed by atoms with E-state index in [9.17, 15) is 9.59 Å². The number of rotatable bonds is 10. The molecular weight excluding hydrogens is 268 g/mol. The first-order chi connectivity index (χ1) is 9.44. The highest BCUT2D eigenvalue weighted by atomic mass is 16.5. The van der Waals surface area contributed by atoms with Crippen LogP contribution in [0.1, 0.15) is 79.6 Å². The topological polar surface area (TPSA) is 74.6 Å². The molecule has 0 rings (SSSR count). The zero-order valence-corrected chi connectivity index (χ0v) is 14.2. The van der Waals surface area contributed by atoms with Gasteiger partial charge in [0, 0.05) is 31.1 Å². The SMILES string of the molecule is CC(C)(C)CCC(=O)CCCC(=O)CCC(C)(C)C(O)O. The minimum atomic E-state index is -1.41. The Hall–Kier alpha value is -0.740. The molecule has 0 heterocycles. The molecule has 0 aliphatic carbocycles. The first-order valence-electron chi connectivity index (χ1n) is 7.83. The van der Waals surface area contributed by atoms with Crippen LogP contribution in [-0.2, 0) is 9.59 Å². The molecule has 0 radical (unpaired) electrons. The van der Waals surface area contributed by atoms with E-state index in [1.54, 1.807) is 13.8 Å². The maximum Gasteiger partial charge on any atom is 0.156 e. The maximum absolute atomic E-state index is 11.7. The average Bonchev–Trinajstić information content (AvgIpc) is 2.33. The maximum atomic E-state index is 11.7. The summed E-state index contributed by atoms with van der Waals surface area (Å²) in [7, 11) is 0. The normalized spacial score (nSPS) is 12.8. The predicted molar refractivity (Wildman–Crippen MR) is 83.8 cm³/mol. The second kappa shape index (κ2) is 8.64. The quantitative estimate of drug-likeness (QED) is 0.607. The molecule has 0 aromatic heterocycles. The van der Waals surface area contributed by atoms with Gasteiger partial charge in [-0.05, 0) is 24.7 Å². The Bertz CT molecular complexity index is 337. The van der Waals surface area contributed by atoms with Crippen LogP contribution in [0.15, 0.2) is 0 Å². The molecule has 4 nitrogen and oxygen atoms in total. The molecule has 21 heavy (non-hydrogen) atoms. The van der Waals surface area contributed by atoms with E-state index in [1.165, 1.54) is 0 Å². The van der Waals surface area contributed by atoms with Gasteiger partial charge >= 0.3 is 0 Å². The molecule has 0 bridgehead atoms. The summed E-state index contributed by atoms with van der Waals surface area (Å²) in [5.41, 5.74) is -0.500. The van der Waals surface area contributed by atoms with Crippen LogP contribution in [-0.4, -0.2) is 28.1 Å². The van der Waals surface area contributed by atoms with Gasteiger partial charge in [0.25, 0.3) is 0 Å². The number of Topliss-reactive ketones (excluding diaryl/α,β-unsaturated/α-hetero) is 2. The highest BCUT2D eigenvalue weighted by Gasteiger charge is 2.26.